The van der Waals surface area contributed by atoms with Gasteiger partial charge < -0.3 is 9.47 Å². The minimum Gasteiger partial charge on any atom is -0.462 e. The van der Waals surface area contributed by atoms with Crippen LogP contribution >= 0.6 is 0 Å². The number of carbonyl (C=O) groups is 2. The van der Waals surface area contributed by atoms with E-state index in [1.165, 1.54) is 0 Å². The molecule has 4 nitrogen and oxygen atoms in total. The topological polar surface area (TPSA) is 52.6 Å². The average Bonchev–Trinajstić information content (AvgIpc) is 2.56. The summed E-state index contributed by atoms with van der Waals surface area (Å²) in [7, 11) is 0. The Morgan fingerprint density at radius 3 is 1.58 bits per heavy atom. The summed E-state index contributed by atoms with van der Waals surface area (Å²) in [5.74, 6) is -0.700. The molecule has 0 bridgehead atoms. The summed E-state index contributed by atoms with van der Waals surface area (Å²) in [6.07, 6.45) is 7.67. The van der Waals surface area contributed by atoms with Gasteiger partial charge in [-0.05, 0) is 37.5 Å². The highest BCUT2D eigenvalue weighted by Crippen LogP contribution is 2.29. The van der Waals surface area contributed by atoms with Crippen LogP contribution in [0.2, 0.25) is 0 Å². The predicted molar refractivity (Wildman–Crippen MR) is 107 cm³/mol. The van der Waals surface area contributed by atoms with Gasteiger partial charge in [-0.3, -0.25) is 0 Å². The zero-order valence-corrected chi connectivity index (χ0v) is 17.9. The molecule has 0 aromatic rings. The molecule has 0 spiro atoms. The van der Waals surface area contributed by atoms with E-state index in [4.69, 9.17) is 9.47 Å². The third-order valence-corrected chi connectivity index (χ3v) is 4.06. The van der Waals surface area contributed by atoms with Gasteiger partial charge >= 0.3 is 11.9 Å². The molecular formula is C22H40O4. The lowest BCUT2D eigenvalue weighted by atomic mass is 9.85. The van der Waals surface area contributed by atoms with Crippen LogP contribution in [0.25, 0.3) is 0 Å². The van der Waals surface area contributed by atoms with Crippen molar-refractivity contribution < 1.29 is 19.1 Å². The van der Waals surface area contributed by atoms with Gasteiger partial charge in [0, 0.05) is 11.1 Å². The fraction of sp³-hybridized carbons (Fsp3) is 0.818. The van der Waals surface area contributed by atoms with Crippen LogP contribution < -0.4 is 0 Å². The van der Waals surface area contributed by atoms with Crippen LogP contribution in [0, 0.1) is 5.41 Å². The molecule has 26 heavy (non-hydrogen) atoms. The molecule has 0 aliphatic heterocycles. The van der Waals surface area contributed by atoms with E-state index in [1.807, 2.05) is 0 Å². The van der Waals surface area contributed by atoms with E-state index < -0.39 is 0 Å². The number of carbonyl (C=O) groups excluding carboxylic acids is 2. The first-order valence-corrected chi connectivity index (χ1v) is 10.3. The maximum absolute atomic E-state index is 12.7. The lowest BCUT2D eigenvalue weighted by molar-refractivity contribution is -0.143. The Balaban J connectivity index is 5.55. The lowest BCUT2D eigenvalue weighted by Gasteiger charge is -2.22. The maximum Gasteiger partial charge on any atom is 0.334 e. The number of unbranched alkanes of at least 4 members (excludes halogenated alkanes) is 4. The number of rotatable bonds is 13. The average molecular weight is 369 g/mol. The Labute approximate surface area is 160 Å². The zero-order valence-electron chi connectivity index (χ0n) is 17.9. The summed E-state index contributed by atoms with van der Waals surface area (Å²) < 4.78 is 10.9. The summed E-state index contributed by atoms with van der Waals surface area (Å²) in [6, 6.07) is 0. The van der Waals surface area contributed by atoms with E-state index in [2.05, 4.69) is 41.5 Å². The first kappa shape index (κ1) is 24.7. The molecule has 0 radical (unpaired) electrons. The maximum atomic E-state index is 12.7. The smallest absolute Gasteiger partial charge is 0.334 e. The van der Waals surface area contributed by atoms with Gasteiger partial charge in [0.15, 0.2) is 0 Å². The molecule has 0 fully saturated rings. The van der Waals surface area contributed by atoms with Crippen LogP contribution in [0.4, 0.5) is 0 Å². The molecular weight excluding hydrogens is 328 g/mol. The fourth-order valence-corrected chi connectivity index (χ4v) is 2.55. The molecule has 0 aromatic carbocycles. The second kappa shape index (κ2) is 13.8. The zero-order chi connectivity index (χ0) is 20.0. The van der Waals surface area contributed by atoms with Gasteiger partial charge in [0.25, 0.3) is 0 Å². The van der Waals surface area contributed by atoms with Crippen molar-refractivity contribution in [2.45, 2.75) is 99.3 Å². The molecule has 0 unspecified atom stereocenters. The van der Waals surface area contributed by atoms with Crippen molar-refractivity contribution in [1.82, 2.24) is 0 Å². The van der Waals surface area contributed by atoms with Gasteiger partial charge in [-0.25, -0.2) is 9.59 Å². The van der Waals surface area contributed by atoms with Gasteiger partial charge in [-0.15, -0.1) is 0 Å². The predicted octanol–water partition coefficient (Wildman–Crippen LogP) is 5.99. The van der Waals surface area contributed by atoms with Crippen LogP contribution in [0.5, 0.6) is 0 Å². The summed E-state index contributed by atoms with van der Waals surface area (Å²) in [5, 5.41) is 0. The molecule has 0 aromatic heterocycles. The molecule has 0 aliphatic rings. The molecule has 0 atom stereocenters. The summed E-state index contributed by atoms with van der Waals surface area (Å²) in [5.41, 5.74) is 0.913. The third kappa shape index (κ3) is 11.3. The molecule has 0 saturated heterocycles. The third-order valence-electron chi connectivity index (χ3n) is 4.06. The summed E-state index contributed by atoms with van der Waals surface area (Å²) in [6.45, 7) is 13.2. The number of hydrogen-bond acceptors (Lipinski definition) is 4. The van der Waals surface area contributed by atoms with Gasteiger partial charge in [-0.1, -0.05) is 67.2 Å². The van der Waals surface area contributed by atoms with Gasteiger partial charge in [-0.2, -0.15) is 0 Å². The van der Waals surface area contributed by atoms with E-state index in [9.17, 15) is 9.59 Å². The quantitative estimate of drug-likeness (QED) is 0.228. The van der Waals surface area contributed by atoms with Crippen LogP contribution in [0.1, 0.15) is 99.3 Å². The van der Waals surface area contributed by atoms with Crippen LogP contribution in [-0.2, 0) is 19.1 Å². The van der Waals surface area contributed by atoms with Crippen LogP contribution in [0.3, 0.4) is 0 Å². The lowest BCUT2D eigenvalue weighted by Crippen LogP contribution is -2.21. The first-order valence-electron chi connectivity index (χ1n) is 10.3. The molecule has 0 saturated carbocycles. The number of esters is 2. The van der Waals surface area contributed by atoms with Crippen molar-refractivity contribution in [2.75, 3.05) is 13.2 Å². The standard InChI is InChI=1S/C22H40O4/c1-7-10-13-14-18(20(23)25-15-11-8-2)19(17-22(4,5)6)21(24)26-16-12-9-3/h7-17H2,1-6H3. The van der Waals surface area contributed by atoms with Crippen molar-refractivity contribution in [3.8, 4) is 0 Å². The second-order valence-electron chi connectivity index (χ2n) is 8.13. The molecule has 152 valence electrons. The van der Waals surface area contributed by atoms with Gasteiger partial charge in [0.1, 0.15) is 0 Å². The highest BCUT2D eigenvalue weighted by Gasteiger charge is 2.27. The molecule has 0 amide bonds. The summed E-state index contributed by atoms with van der Waals surface area (Å²) in [4.78, 5) is 25.4. The molecule has 0 N–H and O–H groups in total. The second-order valence-corrected chi connectivity index (χ2v) is 8.13. The largest absolute Gasteiger partial charge is 0.462 e. The Morgan fingerprint density at radius 2 is 1.15 bits per heavy atom. The van der Waals surface area contributed by atoms with Crippen molar-refractivity contribution in [3.63, 3.8) is 0 Å². The number of hydrogen-bond donors (Lipinski definition) is 0. The van der Waals surface area contributed by atoms with Crippen molar-refractivity contribution >= 4 is 11.9 Å². The minimum absolute atomic E-state index is 0.112. The van der Waals surface area contributed by atoms with Crippen molar-refractivity contribution in [1.29, 1.82) is 0 Å². The normalized spacial score (nSPS) is 12.5. The monoisotopic (exact) mass is 368 g/mol. The van der Waals surface area contributed by atoms with E-state index in [0.717, 1.165) is 44.9 Å². The summed E-state index contributed by atoms with van der Waals surface area (Å²) >= 11 is 0. The minimum atomic E-state index is -0.354. The number of ether oxygens (including phenoxy) is 2. The molecule has 0 heterocycles. The van der Waals surface area contributed by atoms with E-state index in [-0.39, 0.29) is 17.4 Å². The first-order chi connectivity index (χ1) is 12.3. The molecule has 0 aliphatic carbocycles. The Bertz CT molecular complexity index is 444. The molecule has 4 heteroatoms. The van der Waals surface area contributed by atoms with Crippen molar-refractivity contribution in [2.24, 2.45) is 5.41 Å². The van der Waals surface area contributed by atoms with E-state index >= 15 is 0 Å². The Kier molecular flexibility index (Phi) is 13.1. The van der Waals surface area contributed by atoms with Gasteiger partial charge in [0.2, 0.25) is 0 Å². The van der Waals surface area contributed by atoms with Crippen LogP contribution in [-0.4, -0.2) is 25.2 Å². The van der Waals surface area contributed by atoms with E-state index in [1.54, 1.807) is 0 Å². The Morgan fingerprint density at radius 1 is 0.692 bits per heavy atom. The molecule has 0 rings (SSSR count). The SMILES string of the molecule is CCCCCC(C(=O)OCCCC)=C(CC(C)(C)C)C(=O)OCCCC. The highest BCUT2D eigenvalue weighted by atomic mass is 16.5. The fourth-order valence-electron chi connectivity index (χ4n) is 2.55. The van der Waals surface area contributed by atoms with Gasteiger partial charge in [0.05, 0.1) is 13.2 Å². The van der Waals surface area contributed by atoms with Crippen LogP contribution in [0.15, 0.2) is 11.1 Å². The highest BCUT2D eigenvalue weighted by molar-refractivity contribution is 6.00. The van der Waals surface area contributed by atoms with Crippen molar-refractivity contribution in [3.05, 3.63) is 11.1 Å². The Hall–Kier alpha value is -1.32. The van der Waals surface area contributed by atoms with E-state index in [0.29, 0.717) is 37.2 Å².